The summed E-state index contributed by atoms with van der Waals surface area (Å²) in [5, 5.41) is 5.95. The minimum Gasteiger partial charge on any atom is -0.356 e. The monoisotopic (exact) mass is 280 g/mol. The van der Waals surface area contributed by atoms with Crippen LogP contribution >= 0.6 is 22.7 Å². The van der Waals surface area contributed by atoms with Crippen molar-refractivity contribution in [2.24, 2.45) is 0 Å². The molecule has 3 nitrogen and oxygen atoms in total. The summed E-state index contributed by atoms with van der Waals surface area (Å²) in [6.07, 6.45) is 1.39. The highest BCUT2D eigenvalue weighted by Gasteiger charge is 2.14. The maximum Gasteiger partial charge on any atom is 0.225 e. The van der Waals surface area contributed by atoms with Gasteiger partial charge in [0.1, 0.15) is 0 Å². The molecular formula is C13H16N2OS2. The van der Waals surface area contributed by atoms with Crippen molar-refractivity contribution in [1.29, 1.82) is 0 Å². The first-order valence-electron chi connectivity index (χ1n) is 5.97. The number of aryl methyl sites for hydroxylation is 1. The molecule has 1 amide bonds. The first-order valence-corrected chi connectivity index (χ1v) is 7.67. The highest BCUT2D eigenvalue weighted by Crippen LogP contribution is 2.31. The fourth-order valence-corrected chi connectivity index (χ4v) is 3.42. The Morgan fingerprint density at radius 2 is 2.33 bits per heavy atom. The van der Waals surface area contributed by atoms with Crippen molar-refractivity contribution >= 4 is 28.6 Å². The van der Waals surface area contributed by atoms with Crippen LogP contribution in [0.25, 0.3) is 10.6 Å². The largest absolute Gasteiger partial charge is 0.356 e. The van der Waals surface area contributed by atoms with Gasteiger partial charge in [-0.3, -0.25) is 4.79 Å². The second-order valence-corrected chi connectivity index (χ2v) is 6.24. The molecule has 1 N–H and O–H groups in total. The molecule has 18 heavy (non-hydrogen) atoms. The van der Waals surface area contributed by atoms with E-state index in [1.807, 2.05) is 31.4 Å². The lowest BCUT2D eigenvalue weighted by atomic mass is 10.2. The number of carbonyl (C=O) groups is 1. The molecule has 0 radical (unpaired) electrons. The summed E-state index contributed by atoms with van der Waals surface area (Å²) < 4.78 is 0. The first-order chi connectivity index (χ1) is 8.70. The zero-order valence-electron chi connectivity index (χ0n) is 10.5. The Hall–Kier alpha value is -1.20. The summed E-state index contributed by atoms with van der Waals surface area (Å²) in [5.41, 5.74) is 0.971. The standard InChI is InChI=1S/C13H16N2OS2/c1-3-6-14-12(16)8-11-13(15-9(2)18-11)10-5-4-7-17-10/h4-5,7H,3,6,8H2,1-2H3,(H,14,16). The lowest BCUT2D eigenvalue weighted by Gasteiger charge is -2.02. The van der Waals surface area contributed by atoms with Crippen LogP contribution in [0.5, 0.6) is 0 Å². The van der Waals surface area contributed by atoms with E-state index >= 15 is 0 Å². The molecule has 0 spiro atoms. The number of hydrogen-bond acceptors (Lipinski definition) is 4. The van der Waals surface area contributed by atoms with E-state index in [2.05, 4.69) is 10.3 Å². The van der Waals surface area contributed by atoms with Gasteiger partial charge in [0, 0.05) is 11.4 Å². The van der Waals surface area contributed by atoms with E-state index in [1.165, 1.54) is 0 Å². The van der Waals surface area contributed by atoms with Crippen molar-refractivity contribution in [3.63, 3.8) is 0 Å². The molecule has 0 bridgehead atoms. The fourth-order valence-electron chi connectivity index (χ4n) is 1.67. The Morgan fingerprint density at radius 1 is 1.50 bits per heavy atom. The van der Waals surface area contributed by atoms with Crippen LogP contribution in [-0.2, 0) is 11.2 Å². The SMILES string of the molecule is CCCNC(=O)Cc1sc(C)nc1-c1cccs1. The van der Waals surface area contributed by atoms with Gasteiger partial charge in [0.25, 0.3) is 0 Å². The number of amides is 1. The molecule has 0 unspecified atom stereocenters. The van der Waals surface area contributed by atoms with Crippen LogP contribution in [0, 0.1) is 6.92 Å². The third-order valence-corrected chi connectivity index (χ3v) is 4.30. The maximum atomic E-state index is 11.8. The normalized spacial score (nSPS) is 10.6. The zero-order chi connectivity index (χ0) is 13.0. The summed E-state index contributed by atoms with van der Waals surface area (Å²) in [6.45, 7) is 4.77. The molecule has 0 fully saturated rings. The summed E-state index contributed by atoms with van der Waals surface area (Å²) in [4.78, 5) is 18.5. The van der Waals surface area contributed by atoms with Gasteiger partial charge in [0.15, 0.2) is 0 Å². The number of aromatic nitrogens is 1. The van der Waals surface area contributed by atoms with Crippen LogP contribution in [0.3, 0.4) is 0 Å². The Morgan fingerprint density at radius 3 is 3.00 bits per heavy atom. The average Bonchev–Trinajstić information content (AvgIpc) is 2.95. The maximum absolute atomic E-state index is 11.8. The number of rotatable bonds is 5. The average molecular weight is 280 g/mol. The van der Waals surface area contributed by atoms with E-state index < -0.39 is 0 Å². The van der Waals surface area contributed by atoms with Crippen LogP contribution < -0.4 is 5.32 Å². The van der Waals surface area contributed by atoms with E-state index in [0.717, 1.165) is 33.4 Å². The van der Waals surface area contributed by atoms with Gasteiger partial charge in [0.2, 0.25) is 5.91 Å². The van der Waals surface area contributed by atoms with E-state index in [1.54, 1.807) is 22.7 Å². The second-order valence-electron chi connectivity index (χ2n) is 4.01. The van der Waals surface area contributed by atoms with Crippen molar-refractivity contribution in [2.75, 3.05) is 6.54 Å². The van der Waals surface area contributed by atoms with Gasteiger partial charge in [0.05, 0.1) is 22.0 Å². The molecule has 5 heteroatoms. The summed E-state index contributed by atoms with van der Waals surface area (Å²) in [6, 6.07) is 4.06. The summed E-state index contributed by atoms with van der Waals surface area (Å²) in [5.74, 6) is 0.0818. The van der Waals surface area contributed by atoms with E-state index in [9.17, 15) is 4.79 Å². The topological polar surface area (TPSA) is 42.0 Å². The first kappa shape index (κ1) is 13.2. The van der Waals surface area contributed by atoms with E-state index in [4.69, 9.17) is 0 Å². The van der Waals surface area contributed by atoms with Crippen LogP contribution in [0.15, 0.2) is 17.5 Å². The Labute approximate surface area is 115 Å². The van der Waals surface area contributed by atoms with Crippen LogP contribution in [0.2, 0.25) is 0 Å². The van der Waals surface area contributed by atoms with Gasteiger partial charge in [-0.1, -0.05) is 13.0 Å². The molecule has 2 aromatic rings. The number of nitrogens with one attached hydrogen (secondary N) is 1. The summed E-state index contributed by atoms with van der Waals surface area (Å²) >= 11 is 3.27. The lowest BCUT2D eigenvalue weighted by Crippen LogP contribution is -2.25. The van der Waals surface area contributed by atoms with E-state index in [-0.39, 0.29) is 5.91 Å². The van der Waals surface area contributed by atoms with E-state index in [0.29, 0.717) is 6.42 Å². The predicted octanol–water partition coefficient (Wildman–Crippen LogP) is 3.25. The molecule has 0 saturated carbocycles. The number of thiophene rings is 1. The summed E-state index contributed by atoms with van der Waals surface area (Å²) in [7, 11) is 0. The van der Waals surface area contributed by atoms with Crippen LogP contribution in [-0.4, -0.2) is 17.4 Å². The molecule has 0 saturated heterocycles. The molecule has 2 rings (SSSR count). The highest BCUT2D eigenvalue weighted by molar-refractivity contribution is 7.15. The predicted molar refractivity (Wildman–Crippen MR) is 77.2 cm³/mol. The van der Waals surface area contributed by atoms with Gasteiger partial charge >= 0.3 is 0 Å². The molecule has 0 aliphatic heterocycles. The van der Waals surface area contributed by atoms with Gasteiger partial charge in [-0.2, -0.15) is 0 Å². The fraction of sp³-hybridized carbons (Fsp3) is 0.385. The Kier molecular flexibility index (Phi) is 4.49. The van der Waals surface area contributed by atoms with Gasteiger partial charge < -0.3 is 5.32 Å². The van der Waals surface area contributed by atoms with Crippen LogP contribution in [0.1, 0.15) is 23.2 Å². The number of carbonyl (C=O) groups excluding carboxylic acids is 1. The van der Waals surface area contributed by atoms with Crippen LogP contribution in [0.4, 0.5) is 0 Å². The van der Waals surface area contributed by atoms with Gasteiger partial charge in [-0.25, -0.2) is 4.98 Å². The van der Waals surface area contributed by atoms with Crippen molar-refractivity contribution in [3.8, 4) is 10.6 Å². The number of thiazole rings is 1. The molecule has 96 valence electrons. The molecule has 0 atom stereocenters. The second kappa shape index (κ2) is 6.11. The number of hydrogen-bond donors (Lipinski definition) is 1. The van der Waals surface area contributed by atoms with Gasteiger partial charge in [-0.05, 0) is 24.8 Å². The molecule has 0 aromatic carbocycles. The minimum absolute atomic E-state index is 0.0818. The quantitative estimate of drug-likeness (QED) is 0.913. The van der Waals surface area contributed by atoms with Crippen molar-refractivity contribution < 1.29 is 4.79 Å². The third kappa shape index (κ3) is 3.17. The van der Waals surface area contributed by atoms with Crippen molar-refractivity contribution in [2.45, 2.75) is 26.7 Å². The number of nitrogens with zero attached hydrogens (tertiary/aromatic N) is 1. The molecule has 0 aliphatic carbocycles. The molecule has 2 heterocycles. The van der Waals surface area contributed by atoms with Crippen molar-refractivity contribution in [1.82, 2.24) is 10.3 Å². The molecule has 2 aromatic heterocycles. The molecule has 0 aliphatic rings. The third-order valence-electron chi connectivity index (χ3n) is 2.45. The van der Waals surface area contributed by atoms with Gasteiger partial charge in [-0.15, -0.1) is 22.7 Å². The molecular weight excluding hydrogens is 264 g/mol. The minimum atomic E-state index is 0.0818. The lowest BCUT2D eigenvalue weighted by molar-refractivity contribution is -0.120. The smallest absolute Gasteiger partial charge is 0.225 e. The highest BCUT2D eigenvalue weighted by atomic mass is 32.1. The Balaban J connectivity index is 2.15. The van der Waals surface area contributed by atoms with Crippen molar-refractivity contribution in [3.05, 3.63) is 27.4 Å². The zero-order valence-corrected chi connectivity index (χ0v) is 12.2. The Bertz CT molecular complexity index is 517.